The third kappa shape index (κ3) is 4.45. The smallest absolute Gasteiger partial charge is 0.175 e. The molecule has 124 valence electrons. The summed E-state index contributed by atoms with van der Waals surface area (Å²) in [4.78, 5) is 8.75. The first-order chi connectivity index (χ1) is 11.6. The van der Waals surface area contributed by atoms with Gasteiger partial charge in [-0.1, -0.05) is 28.9 Å². The summed E-state index contributed by atoms with van der Waals surface area (Å²) in [5.41, 5.74) is 1.22. The molecule has 0 unspecified atom stereocenters. The Hall–Kier alpha value is -2.60. The molecule has 0 saturated heterocycles. The molecular formula is C17H18ClN5O. The highest BCUT2D eigenvalue weighted by Crippen LogP contribution is 2.17. The Balaban J connectivity index is 1.61. The molecular weight excluding hydrogens is 326 g/mol. The Morgan fingerprint density at radius 1 is 1.00 bits per heavy atom. The Morgan fingerprint density at radius 2 is 1.75 bits per heavy atom. The van der Waals surface area contributed by atoms with E-state index in [1.165, 1.54) is 5.56 Å². The number of aryl methyl sites for hydroxylation is 2. The number of hydrogen-bond donors (Lipinski definition) is 2. The van der Waals surface area contributed by atoms with Crippen LogP contribution in [-0.4, -0.2) is 21.7 Å². The molecule has 6 nitrogen and oxygen atoms in total. The standard InChI is InChI=1S/C17H18ClN5O/c1-11-9-17(23-24-11)22-16-10-15(20-12(2)21-16)19-8-7-13-3-5-14(18)6-4-13/h3-6,9-10H,7-8H2,1-2H3,(H2,19,20,21,22,23). The molecule has 0 aliphatic heterocycles. The highest BCUT2D eigenvalue weighted by Gasteiger charge is 2.05. The number of nitrogens with zero attached hydrogens (tertiary/aromatic N) is 3. The largest absolute Gasteiger partial charge is 0.370 e. The van der Waals surface area contributed by atoms with Gasteiger partial charge in [0, 0.05) is 23.7 Å². The van der Waals surface area contributed by atoms with E-state index in [0.717, 1.165) is 29.6 Å². The minimum absolute atomic E-state index is 0.623. The van der Waals surface area contributed by atoms with Gasteiger partial charge in [-0.25, -0.2) is 9.97 Å². The molecule has 3 rings (SSSR count). The van der Waals surface area contributed by atoms with Crippen molar-refractivity contribution in [3.63, 3.8) is 0 Å². The Bertz CT molecular complexity index is 816. The topological polar surface area (TPSA) is 75.9 Å². The maximum atomic E-state index is 5.89. The van der Waals surface area contributed by atoms with Crippen molar-refractivity contribution in [3.05, 3.63) is 58.6 Å². The average Bonchev–Trinajstić information content (AvgIpc) is 2.94. The molecule has 0 radical (unpaired) electrons. The predicted octanol–water partition coefficient (Wildman–Crippen LogP) is 4.13. The van der Waals surface area contributed by atoms with Crippen molar-refractivity contribution in [2.24, 2.45) is 0 Å². The summed E-state index contributed by atoms with van der Waals surface area (Å²) in [5, 5.41) is 11.1. The van der Waals surface area contributed by atoms with Gasteiger partial charge in [0.2, 0.25) is 0 Å². The van der Waals surface area contributed by atoms with Crippen molar-refractivity contribution < 1.29 is 4.52 Å². The van der Waals surface area contributed by atoms with Crippen LogP contribution in [0, 0.1) is 13.8 Å². The summed E-state index contributed by atoms with van der Waals surface area (Å²) in [6.07, 6.45) is 0.880. The van der Waals surface area contributed by atoms with Crippen molar-refractivity contribution >= 4 is 29.1 Å². The number of benzene rings is 1. The minimum atomic E-state index is 0.623. The zero-order valence-electron chi connectivity index (χ0n) is 13.5. The molecule has 0 bridgehead atoms. The lowest BCUT2D eigenvalue weighted by molar-refractivity contribution is 0.400. The third-order valence-electron chi connectivity index (χ3n) is 3.36. The highest BCUT2D eigenvalue weighted by atomic mass is 35.5. The Kier molecular flexibility index (Phi) is 4.96. The van der Waals surface area contributed by atoms with Gasteiger partial charge in [-0.2, -0.15) is 0 Å². The zero-order valence-corrected chi connectivity index (χ0v) is 14.3. The second-order valence-electron chi connectivity index (χ2n) is 5.44. The van der Waals surface area contributed by atoms with Gasteiger partial charge in [0.15, 0.2) is 5.82 Å². The summed E-state index contributed by atoms with van der Waals surface area (Å²) < 4.78 is 5.04. The lowest BCUT2D eigenvalue weighted by atomic mass is 10.1. The molecule has 0 atom stereocenters. The third-order valence-corrected chi connectivity index (χ3v) is 3.61. The van der Waals surface area contributed by atoms with E-state index in [4.69, 9.17) is 16.1 Å². The molecule has 0 saturated carbocycles. The van der Waals surface area contributed by atoms with Gasteiger partial charge < -0.3 is 15.2 Å². The molecule has 0 amide bonds. The number of nitrogens with one attached hydrogen (secondary N) is 2. The lowest BCUT2D eigenvalue weighted by Crippen LogP contribution is -2.08. The first-order valence-electron chi connectivity index (χ1n) is 7.63. The Morgan fingerprint density at radius 3 is 2.46 bits per heavy atom. The molecule has 0 aliphatic carbocycles. The SMILES string of the molecule is Cc1nc(NCCc2ccc(Cl)cc2)cc(Nc2cc(C)on2)n1. The van der Waals surface area contributed by atoms with Gasteiger partial charge >= 0.3 is 0 Å². The van der Waals surface area contributed by atoms with Crippen LogP contribution in [0.2, 0.25) is 5.02 Å². The van der Waals surface area contributed by atoms with E-state index in [-0.39, 0.29) is 0 Å². The van der Waals surface area contributed by atoms with E-state index in [1.807, 2.05) is 50.2 Å². The van der Waals surface area contributed by atoms with E-state index in [1.54, 1.807) is 0 Å². The molecule has 0 fully saturated rings. The normalized spacial score (nSPS) is 10.6. The quantitative estimate of drug-likeness (QED) is 0.700. The van der Waals surface area contributed by atoms with Crippen molar-refractivity contribution in [1.29, 1.82) is 0 Å². The number of aromatic nitrogens is 3. The molecule has 3 aromatic rings. The second-order valence-corrected chi connectivity index (χ2v) is 5.87. The summed E-state index contributed by atoms with van der Waals surface area (Å²) in [6.45, 7) is 4.46. The van der Waals surface area contributed by atoms with Crippen LogP contribution in [0.3, 0.4) is 0 Å². The van der Waals surface area contributed by atoms with Gasteiger partial charge in [0.25, 0.3) is 0 Å². The summed E-state index contributed by atoms with van der Waals surface area (Å²) in [5.74, 6) is 3.47. The van der Waals surface area contributed by atoms with Crippen LogP contribution in [-0.2, 0) is 6.42 Å². The zero-order chi connectivity index (χ0) is 16.9. The summed E-state index contributed by atoms with van der Waals surface area (Å²) in [7, 11) is 0. The van der Waals surface area contributed by atoms with Crippen LogP contribution in [0.4, 0.5) is 17.5 Å². The minimum Gasteiger partial charge on any atom is -0.370 e. The van der Waals surface area contributed by atoms with Gasteiger partial charge in [-0.05, 0) is 38.0 Å². The molecule has 2 aromatic heterocycles. The highest BCUT2D eigenvalue weighted by molar-refractivity contribution is 6.30. The average molecular weight is 344 g/mol. The van der Waals surface area contributed by atoms with Crippen LogP contribution < -0.4 is 10.6 Å². The van der Waals surface area contributed by atoms with Gasteiger partial charge in [-0.15, -0.1) is 0 Å². The van der Waals surface area contributed by atoms with E-state index in [9.17, 15) is 0 Å². The summed E-state index contributed by atoms with van der Waals surface area (Å²) >= 11 is 5.89. The lowest BCUT2D eigenvalue weighted by Gasteiger charge is -2.09. The van der Waals surface area contributed by atoms with E-state index >= 15 is 0 Å². The fourth-order valence-corrected chi connectivity index (χ4v) is 2.39. The molecule has 24 heavy (non-hydrogen) atoms. The van der Waals surface area contributed by atoms with Crippen molar-refractivity contribution in [1.82, 2.24) is 15.1 Å². The molecule has 2 heterocycles. The fourth-order valence-electron chi connectivity index (χ4n) is 2.26. The monoisotopic (exact) mass is 343 g/mol. The van der Waals surface area contributed by atoms with Crippen molar-refractivity contribution in [2.75, 3.05) is 17.2 Å². The Labute approximate surface area is 145 Å². The van der Waals surface area contributed by atoms with E-state index in [0.29, 0.717) is 17.5 Å². The van der Waals surface area contributed by atoms with Gasteiger partial charge in [0.05, 0.1) is 0 Å². The van der Waals surface area contributed by atoms with Crippen LogP contribution in [0.1, 0.15) is 17.1 Å². The molecule has 0 spiro atoms. The van der Waals surface area contributed by atoms with Crippen LogP contribution in [0.15, 0.2) is 40.9 Å². The predicted molar refractivity (Wildman–Crippen MR) is 94.9 cm³/mol. The molecule has 0 aliphatic rings. The van der Waals surface area contributed by atoms with Crippen LogP contribution in [0.25, 0.3) is 0 Å². The molecule has 7 heteroatoms. The first-order valence-corrected chi connectivity index (χ1v) is 8.00. The van der Waals surface area contributed by atoms with Gasteiger partial charge in [0.1, 0.15) is 23.2 Å². The first kappa shape index (κ1) is 16.3. The van der Waals surface area contributed by atoms with E-state index < -0.39 is 0 Å². The molecule has 2 N–H and O–H groups in total. The van der Waals surface area contributed by atoms with Crippen molar-refractivity contribution in [2.45, 2.75) is 20.3 Å². The van der Waals surface area contributed by atoms with Gasteiger partial charge in [-0.3, -0.25) is 0 Å². The second kappa shape index (κ2) is 7.31. The van der Waals surface area contributed by atoms with E-state index in [2.05, 4.69) is 25.8 Å². The maximum Gasteiger partial charge on any atom is 0.175 e. The number of anilines is 3. The van der Waals surface area contributed by atoms with Crippen molar-refractivity contribution in [3.8, 4) is 0 Å². The summed E-state index contributed by atoms with van der Waals surface area (Å²) in [6, 6.07) is 11.5. The van der Waals surface area contributed by atoms with Crippen LogP contribution in [0.5, 0.6) is 0 Å². The molecule has 1 aromatic carbocycles. The number of rotatable bonds is 6. The maximum absolute atomic E-state index is 5.89. The number of halogens is 1. The fraction of sp³-hybridized carbons (Fsp3) is 0.235. The number of hydrogen-bond acceptors (Lipinski definition) is 6. The van der Waals surface area contributed by atoms with Crippen LogP contribution >= 0.6 is 11.6 Å².